The van der Waals surface area contributed by atoms with E-state index in [0.717, 1.165) is 25.7 Å². The van der Waals surface area contributed by atoms with Gasteiger partial charge in [-0.25, -0.2) is 0 Å². The molecular formula is C29H42. The van der Waals surface area contributed by atoms with Crippen LogP contribution in [0.5, 0.6) is 0 Å². The van der Waals surface area contributed by atoms with E-state index in [4.69, 9.17) is 0 Å². The average molecular weight is 391 g/mol. The summed E-state index contributed by atoms with van der Waals surface area (Å²) in [6.45, 7) is 10.8. The van der Waals surface area contributed by atoms with E-state index in [1.54, 1.807) is 0 Å². The predicted octanol–water partition coefficient (Wildman–Crippen LogP) is 8.70. The van der Waals surface area contributed by atoms with Gasteiger partial charge in [-0.3, -0.25) is 0 Å². The zero-order valence-electron chi connectivity index (χ0n) is 18.5. The van der Waals surface area contributed by atoms with Crippen LogP contribution in [0, 0.1) is 0 Å². The molecule has 0 amide bonds. The molecule has 0 atom stereocenters. The zero-order valence-corrected chi connectivity index (χ0v) is 18.5. The van der Waals surface area contributed by atoms with Crippen LogP contribution < -0.4 is 0 Å². The molecule has 3 aromatic rings. The molecule has 0 aliphatic heterocycles. The standard InChI is InChI=1S/C17H20.C8H10.C3H8.CH4/c1-3-14-5-9-16(10-6-14)13-17-11-7-15(4-2)8-12-17;1-2-8-6-4-3-5-7-8;1-3-2;/h5-12H,3-4,13H2,1-2H3;3-7H,2H2,1H3;3H2,1-2H3;1H4. The molecule has 0 saturated carbocycles. The van der Waals surface area contributed by atoms with E-state index in [1.165, 1.54) is 34.2 Å². The van der Waals surface area contributed by atoms with Crippen LogP contribution in [-0.2, 0) is 25.7 Å². The highest BCUT2D eigenvalue weighted by Gasteiger charge is 1.97. The van der Waals surface area contributed by atoms with Crippen molar-refractivity contribution in [3.05, 3.63) is 107 Å². The second kappa shape index (κ2) is 16.6. The Labute approximate surface area is 181 Å². The third kappa shape index (κ3) is 11.3. The molecule has 29 heavy (non-hydrogen) atoms. The number of aryl methyl sites for hydroxylation is 3. The predicted molar refractivity (Wildman–Crippen MR) is 133 cm³/mol. The average Bonchev–Trinajstić information content (AvgIpc) is 2.76. The lowest BCUT2D eigenvalue weighted by atomic mass is 10.0. The van der Waals surface area contributed by atoms with E-state index in [2.05, 4.69) is 107 Å². The van der Waals surface area contributed by atoms with Gasteiger partial charge >= 0.3 is 0 Å². The van der Waals surface area contributed by atoms with Crippen molar-refractivity contribution in [2.24, 2.45) is 0 Å². The lowest BCUT2D eigenvalue weighted by molar-refractivity contribution is 1.09. The van der Waals surface area contributed by atoms with Gasteiger partial charge in [-0.2, -0.15) is 0 Å². The Balaban J connectivity index is 0.000000548. The van der Waals surface area contributed by atoms with Crippen molar-refractivity contribution in [2.75, 3.05) is 0 Å². The van der Waals surface area contributed by atoms with Gasteiger partial charge in [0.15, 0.2) is 0 Å². The Kier molecular flexibility index (Phi) is 15.3. The summed E-state index contributed by atoms with van der Waals surface area (Å²) in [5, 5.41) is 0. The van der Waals surface area contributed by atoms with Crippen LogP contribution in [0.1, 0.15) is 76.3 Å². The first kappa shape index (κ1) is 26.7. The SMILES string of the molecule is C.CCC.CCc1ccc(Cc2ccc(CC)cc2)cc1.CCc1ccccc1. The Morgan fingerprint density at radius 2 is 0.690 bits per heavy atom. The topological polar surface area (TPSA) is 0 Å². The molecule has 0 N–H and O–H groups in total. The van der Waals surface area contributed by atoms with Gasteiger partial charge in [-0.15, -0.1) is 0 Å². The highest BCUT2D eigenvalue weighted by atomic mass is 14.0. The monoisotopic (exact) mass is 390 g/mol. The maximum absolute atomic E-state index is 2.24. The Morgan fingerprint density at radius 3 is 0.966 bits per heavy atom. The minimum Gasteiger partial charge on any atom is -0.0776 e. The number of hydrogen-bond acceptors (Lipinski definition) is 0. The second-order valence-corrected chi connectivity index (χ2v) is 7.06. The summed E-state index contributed by atoms with van der Waals surface area (Å²) in [5.41, 5.74) is 7.02. The van der Waals surface area contributed by atoms with Gasteiger partial charge < -0.3 is 0 Å². The van der Waals surface area contributed by atoms with Crippen LogP contribution in [0.25, 0.3) is 0 Å². The van der Waals surface area contributed by atoms with E-state index >= 15 is 0 Å². The maximum atomic E-state index is 2.24. The summed E-state index contributed by atoms with van der Waals surface area (Å²) in [5.74, 6) is 0. The van der Waals surface area contributed by atoms with Crippen molar-refractivity contribution in [3.8, 4) is 0 Å². The minimum atomic E-state index is 0. The first-order chi connectivity index (χ1) is 13.7. The molecule has 0 heterocycles. The molecular weight excluding hydrogens is 348 g/mol. The third-order valence-electron chi connectivity index (χ3n) is 4.52. The zero-order chi connectivity index (χ0) is 20.6. The Morgan fingerprint density at radius 1 is 0.414 bits per heavy atom. The smallest absolute Gasteiger partial charge is 0.00258 e. The van der Waals surface area contributed by atoms with Crippen LogP contribution in [0.2, 0.25) is 0 Å². The van der Waals surface area contributed by atoms with Crippen LogP contribution in [-0.4, -0.2) is 0 Å². The summed E-state index contributed by atoms with van der Waals surface area (Å²) in [6.07, 6.45) is 5.66. The highest BCUT2D eigenvalue weighted by Crippen LogP contribution is 2.12. The molecule has 0 nitrogen and oxygen atoms in total. The lowest BCUT2D eigenvalue weighted by Gasteiger charge is -2.04. The molecule has 0 bridgehead atoms. The van der Waals surface area contributed by atoms with E-state index < -0.39 is 0 Å². The first-order valence-corrected chi connectivity index (χ1v) is 10.9. The van der Waals surface area contributed by atoms with Gasteiger partial charge in [0.2, 0.25) is 0 Å². The molecule has 0 aliphatic carbocycles. The molecule has 0 fully saturated rings. The summed E-state index contributed by atoms with van der Waals surface area (Å²) in [4.78, 5) is 0. The second-order valence-electron chi connectivity index (χ2n) is 7.06. The van der Waals surface area contributed by atoms with Crippen LogP contribution >= 0.6 is 0 Å². The van der Waals surface area contributed by atoms with Gasteiger partial charge in [-0.05, 0) is 53.5 Å². The quantitative estimate of drug-likeness (QED) is 0.408. The van der Waals surface area contributed by atoms with Gasteiger partial charge in [0, 0.05) is 0 Å². The summed E-state index contributed by atoms with van der Waals surface area (Å²) in [7, 11) is 0. The Hall–Kier alpha value is -2.34. The number of benzene rings is 3. The summed E-state index contributed by atoms with van der Waals surface area (Å²) >= 11 is 0. The summed E-state index contributed by atoms with van der Waals surface area (Å²) in [6, 6.07) is 28.4. The third-order valence-corrected chi connectivity index (χ3v) is 4.52. The molecule has 0 radical (unpaired) electrons. The van der Waals surface area contributed by atoms with E-state index in [-0.39, 0.29) is 7.43 Å². The fourth-order valence-electron chi connectivity index (χ4n) is 2.74. The van der Waals surface area contributed by atoms with Gasteiger partial charge in [0.25, 0.3) is 0 Å². The fraction of sp³-hybridized carbons (Fsp3) is 0.379. The van der Waals surface area contributed by atoms with Crippen molar-refractivity contribution in [1.29, 1.82) is 0 Å². The van der Waals surface area contributed by atoms with E-state index in [1.807, 2.05) is 6.07 Å². The number of rotatable bonds is 5. The number of hydrogen-bond donors (Lipinski definition) is 0. The largest absolute Gasteiger partial charge is 0.0776 e. The van der Waals surface area contributed by atoms with Crippen molar-refractivity contribution < 1.29 is 0 Å². The van der Waals surface area contributed by atoms with Crippen molar-refractivity contribution in [1.82, 2.24) is 0 Å². The highest BCUT2D eigenvalue weighted by molar-refractivity contribution is 5.30. The first-order valence-electron chi connectivity index (χ1n) is 10.9. The van der Waals surface area contributed by atoms with Crippen molar-refractivity contribution >= 4 is 0 Å². The minimum absolute atomic E-state index is 0. The van der Waals surface area contributed by atoms with E-state index in [9.17, 15) is 0 Å². The summed E-state index contributed by atoms with van der Waals surface area (Å²) < 4.78 is 0. The van der Waals surface area contributed by atoms with Crippen LogP contribution in [0.15, 0.2) is 78.9 Å². The van der Waals surface area contributed by atoms with Gasteiger partial charge in [-0.1, -0.05) is 127 Å². The molecule has 0 aliphatic rings. The van der Waals surface area contributed by atoms with Gasteiger partial charge in [0.05, 0.1) is 0 Å². The molecule has 0 saturated heterocycles. The van der Waals surface area contributed by atoms with Gasteiger partial charge in [0.1, 0.15) is 0 Å². The fourth-order valence-corrected chi connectivity index (χ4v) is 2.74. The molecule has 158 valence electrons. The van der Waals surface area contributed by atoms with E-state index in [0.29, 0.717) is 0 Å². The lowest BCUT2D eigenvalue weighted by Crippen LogP contribution is -1.90. The van der Waals surface area contributed by atoms with Crippen molar-refractivity contribution in [2.45, 2.75) is 74.1 Å². The normalized spacial score (nSPS) is 9.28. The van der Waals surface area contributed by atoms with Crippen LogP contribution in [0.4, 0.5) is 0 Å². The molecule has 0 unspecified atom stereocenters. The molecule has 0 heteroatoms. The molecule has 0 aromatic heterocycles. The maximum Gasteiger partial charge on any atom is -0.00258 e. The molecule has 3 aromatic carbocycles. The Bertz CT molecular complexity index is 676. The van der Waals surface area contributed by atoms with Crippen molar-refractivity contribution in [3.63, 3.8) is 0 Å². The molecule has 0 spiro atoms. The van der Waals surface area contributed by atoms with Crippen LogP contribution in [0.3, 0.4) is 0 Å². The molecule has 3 rings (SSSR count).